The molecule has 1 aromatic carbocycles. The molecule has 1 aliphatic heterocycles. The Kier molecular flexibility index (Phi) is 5.05. The van der Waals surface area contributed by atoms with Gasteiger partial charge in [-0.3, -0.25) is 4.79 Å². The first-order chi connectivity index (χ1) is 11.6. The van der Waals surface area contributed by atoms with Gasteiger partial charge >= 0.3 is 6.01 Å². The van der Waals surface area contributed by atoms with Gasteiger partial charge in [0.05, 0.1) is 0 Å². The Labute approximate surface area is 139 Å². The Morgan fingerprint density at radius 2 is 2.17 bits per heavy atom. The van der Waals surface area contributed by atoms with Crippen LogP contribution in [0.3, 0.4) is 0 Å². The highest BCUT2D eigenvalue weighted by Gasteiger charge is 2.24. The van der Waals surface area contributed by atoms with Gasteiger partial charge in [-0.05, 0) is 44.1 Å². The van der Waals surface area contributed by atoms with Crippen molar-refractivity contribution in [3.8, 4) is 0 Å². The molecule has 1 fully saturated rings. The van der Waals surface area contributed by atoms with E-state index in [-0.39, 0.29) is 23.7 Å². The molecule has 3 rings (SSSR count). The Balaban J connectivity index is 1.41. The van der Waals surface area contributed by atoms with Crippen LogP contribution in [-0.4, -0.2) is 40.6 Å². The molecule has 24 heavy (non-hydrogen) atoms. The summed E-state index contributed by atoms with van der Waals surface area (Å²) in [6, 6.07) is 5.99. The molecule has 0 atom stereocenters. The summed E-state index contributed by atoms with van der Waals surface area (Å²) >= 11 is 0. The fraction of sp³-hybridized carbons (Fsp3) is 0.438. The lowest BCUT2D eigenvalue weighted by atomic mass is 9.97. The quantitative estimate of drug-likeness (QED) is 0.868. The summed E-state index contributed by atoms with van der Waals surface area (Å²) < 4.78 is 18.4. The second-order valence-corrected chi connectivity index (χ2v) is 5.90. The van der Waals surface area contributed by atoms with E-state index < -0.39 is 0 Å². The maximum absolute atomic E-state index is 13.1. The van der Waals surface area contributed by atoms with E-state index in [2.05, 4.69) is 20.4 Å². The molecule has 1 saturated heterocycles. The fourth-order valence-electron chi connectivity index (χ4n) is 2.86. The van der Waals surface area contributed by atoms with Gasteiger partial charge in [-0.1, -0.05) is 11.2 Å². The number of nitrogens with one attached hydrogen (secondary N) is 1. The maximum Gasteiger partial charge on any atom is 0.312 e. The molecule has 1 amide bonds. The number of nitrogens with zero attached hydrogens (tertiary/aromatic N) is 3. The summed E-state index contributed by atoms with van der Waals surface area (Å²) in [4.78, 5) is 14.2. The lowest BCUT2D eigenvalue weighted by Gasteiger charge is -2.30. The standard InChI is InChI=1S/C16H20FN5O2/c17-12-2-1-3-13(10-12)19-14(23)6-9-22-7-4-11(5-8-22)15-20-21-16(18)24-15/h1-3,10-11H,4-9H2,(H2,18,21)(H,19,23). The average molecular weight is 333 g/mol. The third-order valence-electron chi connectivity index (χ3n) is 4.16. The van der Waals surface area contributed by atoms with Gasteiger partial charge in [0.15, 0.2) is 0 Å². The summed E-state index contributed by atoms with van der Waals surface area (Å²) in [5.74, 6) is 0.340. The molecule has 8 heteroatoms. The summed E-state index contributed by atoms with van der Waals surface area (Å²) in [5, 5.41) is 10.3. The normalized spacial score (nSPS) is 16.2. The van der Waals surface area contributed by atoms with Gasteiger partial charge in [-0.2, -0.15) is 0 Å². The van der Waals surface area contributed by atoms with Crippen LogP contribution < -0.4 is 11.1 Å². The van der Waals surface area contributed by atoms with E-state index in [1.807, 2.05) is 0 Å². The van der Waals surface area contributed by atoms with Gasteiger partial charge in [0, 0.05) is 24.6 Å². The number of nitrogens with two attached hydrogens (primary N) is 1. The van der Waals surface area contributed by atoms with Gasteiger partial charge < -0.3 is 20.4 Å². The molecule has 7 nitrogen and oxygen atoms in total. The predicted molar refractivity (Wildman–Crippen MR) is 86.8 cm³/mol. The van der Waals surface area contributed by atoms with Crippen molar-refractivity contribution in [2.75, 3.05) is 30.7 Å². The van der Waals surface area contributed by atoms with Crippen LogP contribution in [0.15, 0.2) is 28.7 Å². The topological polar surface area (TPSA) is 97.3 Å². The van der Waals surface area contributed by atoms with E-state index in [0.717, 1.165) is 25.9 Å². The first kappa shape index (κ1) is 16.4. The van der Waals surface area contributed by atoms with Crippen molar-refractivity contribution in [3.05, 3.63) is 36.0 Å². The van der Waals surface area contributed by atoms with Crippen LogP contribution in [0.5, 0.6) is 0 Å². The van der Waals surface area contributed by atoms with Gasteiger partial charge in [-0.15, -0.1) is 5.10 Å². The number of halogens is 1. The molecule has 2 aromatic rings. The van der Waals surface area contributed by atoms with Gasteiger partial charge in [0.25, 0.3) is 0 Å². The molecule has 128 valence electrons. The molecule has 3 N–H and O–H groups in total. The number of benzene rings is 1. The average Bonchev–Trinajstić information content (AvgIpc) is 3.00. The first-order valence-electron chi connectivity index (χ1n) is 7.97. The van der Waals surface area contributed by atoms with E-state index in [4.69, 9.17) is 10.2 Å². The van der Waals surface area contributed by atoms with Crippen LogP contribution in [0.1, 0.15) is 31.1 Å². The SMILES string of the molecule is Nc1nnc(C2CCN(CCC(=O)Nc3cccc(F)c3)CC2)o1. The van der Waals surface area contributed by atoms with Crippen molar-refractivity contribution >= 4 is 17.6 Å². The number of piperidine rings is 1. The van der Waals surface area contributed by atoms with Crippen molar-refractivity contribution in [1.82, 2.24) is 15.1 Å². The predicted octanol–water partition coefficient (Wildman–Crippen LogP) is 2.00. The molecule has 0 spiro atoms. The third-order valence-corrected chi connectivity index (χ3v) is 4.16. The minimum absolute atomic E-state index is 0.0986. The zero-order valence-electron chi connectivity index (χ0n) is 13.2. The van der Waals surface area contributed by atoms with Crippen LogP contribution in [0.4, 0.5) is 16.1 Å². The van der Waals surface area contributed by atoms with Gasteiger partial charge in [-0.25, -0.2) is 4.39 Å². The molecule has 2 heterocycles. The van der Waals surface area contributed by atoms with Crippen molar-refractivity contribution in [2.45, 2.75) is 25.2 Å². The maximum atomic E-state index is 13.1. The summed E-state index contributed by atoms with van der Waals surface area (Å²) in [6.45, 7) is 2.39. The third kappa shape index (κ3) is 4.29. The van der Waals surface area contributed by atoms with Gasteiger partial charge in [0.2, 0.25) is 11.8 Å². The molecule has 0 unspecified atom stereocenters. The number of amides is 1. The Bertz CT molecular complexity index is 697. The van der Waals surface area contributed by atoms with Crippen molar-refractivity contribution < 1.29 is 13.6 Å². The Morgan fingerprint density at radius 3 is 2.83 bits per heavy atom. The molecule has 0 aliphatic carbocycles. The summed E-state index contributed by atoms with van der Waals surface area (Å²) in [7, 11) is 0. The number of hydrogen-bond acceptors (Lipinski definition) is 6. The summed E-state index contributed by atoms with van der Waals surface area (Å²) in [6.07, 6.45) is 2.16. The molecule has 0 saturated carbocycles. The minimum Gasteiger partial charge on any atom is -0.408 e. The Morgan fingerprint density at radius 1 is 1.38 bits per heavy atom. The van der Waals surface area contributed by atoms with E-state index in [1.165, 1.54) is 12.1 Å². The number of nitrogen functional groups attached to an aromatic ring is 1. The van der Waals surface area contributed by atoms with Crippen LogP contribution in [0.2, 0.25) is 0 Å². The number of carbonyl (C=O) groups is 1. The highest BCUT2D eigenvalue weighted by Crippen LogP contribution is 2.27. The molecular weight excluding hydrogens is 313 g/mol. The number of anilines is 2. The van der Waals surface area contributed by atoms with Crippen LogP contribution in [0, 0.1) is 5.82 Å². The second-order valence-electron chi connectivity index (χ2n) is 5.90. The van der Waals surface area contributed by atoms with Crippen molar-refractivity contribution in [1.29, 1.82) is 0 Å². The number of rotatable bonds is 5. The smallest absolute Gasteiger partial charge is 0.312 e. The van der Waals surface area contributed by atoms with E-state index in [0.29, 0.717) is 24.5 Å². The fourth-order valence-corrected chi connectivity index (χ4v) is 2.86. The van der Waals surface area contributed by atoms with E-state index >= 15 is 0 Å². The van der Waals surface area contributed by atoms with Gasteiger partial charge in [0.1, 0.15) is 5.82 Å². The second kappa shape index (κ2) is 7.39. The van der Waals surface area contributed by atoms with E-state index in [1.54, 1.807) is 12.1 Å². The van der Waals surface area contributed by atoms with E-state index in [9.17, 15) is 9.18 Å². The monoisotopic (exact) mass is 333 g/mol. The van der Waals surface area contributed by atoms with Crippen LogP contribution in [-0.2, 0) is 4.79 Å². The highest BCUT2D eigenvalue weighted by molar-refractivity contribution is 5.90. The largest absolute Gasteiger partial charge is 0.408 e. The van der Waals surface area contributed by atoms with Crippen LogP contribution in [0.25, 0.3) is 0 Å². The highest BCUT2D eigenvalue weighted by atomic mass is 19.1. The molecular formula is C16H20FN5O2. The first-order valence-corrected chi connectivity index (χ1v) is 7.97. The van der Waals surface area contributed by atoms with Crippen LogP contribution >= 0.6 is 0 Å². The number of aromatic nitrogens is 2. The molecule has 1 aliphatic rings. The molecule has 1 aromatic heterocycles. The van der Waals surface area contributed by atoms with Crippen molar-refractivity contribution in [3.63, 3.8) is 0 Å². The lowest BCUT2D eigenvalue weighted by Crippen LogP contribution is -2.35. The Hall–Kier alpha value is -2.48. The van der Waals surface area contributed by atoms with Crippen molar-refractivity contribution in [2.24, 2.45) is 0 Å². The number of carbonyl (C=O) groups excluding carboxylic acids is 1. The summed E-state index contributed by atoms with van der Waals surface area (Å²) in [5.41, 5.74) is 5.93. The molecule has 0 bridgehead atoms. The minimum atomic E-state index is -0.364. The number of likely N-dealkylation sites (tertiary alicyclic amines) is 1. The number of hydrogen-bond donors (Lipinski definition) is 2. The zero-order valence-corrected chi connectivity index (χ0v) is 13.2. The lowest BCUT2D eigenvalue weighted by molar-refractivity contribution is -0.116. The molecule has 0 radical (unpaired) electrons. The zero-order chi connectivity index (χ0) is 16.9.